The molecule has 1 aromatic carbocycles. The van der Waals surface area contributed by atoms with E-state index in [9.17, 15) is 9.18 Å². The summed E-state index contributed by atoms with van der Waals surface area (Å²) in [5, 5.41) is 0. The van der Waals surface area contributed by atoms with Crippen molar-refractivity contribution in [2.45, 2.75) is 26.0 Å². The van der Waals surface area contributed by atoms with Crippen molar-refractivity contribution in [1.82, 2.24) is 4.90 Å². The van der Waals surface area contributed by atoms with E-state index in [0.29, 0.717) is 25.2 Å². The van der Waals surface area contributed by atoms with Crippen molar-refractivity contribution < 1.29 is 13.9 Å². The van der Waals surface area contributed by atoms with Gasteiger partial charge in [0.15, 0.2) is 0 Å². The van der Waals surface area contributed by atoms with Gasteiger partial charge in [-0.15, -0.1) is 0 Å². The molecule has 0 spiro atoms. The van der Waals surface area contributed by atoms with E-state index in [1.54, 1.807) is 6.07 Å². The summed E-state index contributed by atoms with van der Waals surface area (Å²) in [6.45, 7) is 5.12. The van der Waals surface area contributed by atoms with Crippen molar-refractivity contribution in [2.24, 2.45) is 0 Å². The van der Waals surface area contributed by atoms with Gasteiger partial charge in [0.2, 0.25) is 0 Å². The van der Waals surface area contributed by atoms with Crippen LogP contribution in [-0.2, 0) is 16.1 Å². The van der Waals surface area contributed by atoms with Crippen LogP contribution in [0.4, 0.5) is 4.39 Å². The van der Waals surface area contributed by atoms with E-state index in [-0.39, 0.29) is 11.8 Å². The molecule has 0 bridgehead atoms. The van der Waals surface area contributed by atoms with Gasteiger partial charge in [-0.1, -0.05) is 22.0 Å². The first-order chi connectivity index (χ1) is 8.38. The smallest absolute Gasteiger partial charge is 0.303 e. The van der Waals surface area contributed by atoms with Crippen molar-refractivity contribution in [3.05, 3.63) is 34.1 Å². The molecule has 0 amide bonds. The lowest BCUT2D eigenvalue weighted by Crippen LogP contribution is -2.61. The van der Waals surface area contributed by atoms with Crippen LogP contribution in [0.2, 0.25) is 0 Å². The van der Waals surface area contributed by atoms with Crippen molar-refractivity contribution in [1.29, 1.82) is 0 Å². The molecule has 1 aliphatic rings. The molecule has 1 heterocycles. The Balaban J connectivity index is 1.92. The Hall–Kier alpha value is -0.940. The molecule has 0 aliphatic carbocycles. The van der Waals surface area contributed by atoms with E-state index in [1.165, 1.54) is 13.0 Å². The predicted molar refractivity (Wildman–Crippen MR) is 69.5 cm³/mol. The van der Waals surface area contributed by atoms with Gasteiger partial charge < -0.3 is 4.74 Å². The van der Waals surface area contributed by atoms with Crippen LogP contribution in [0.3, 0.4) is 0 Å². The summed E-state index contributed by atoms with van der Waals surface area (Å²) in [4.78, 5) is 13.0. The summed E-state index contributed by atoms with van der Waals surface area (Å²) in [6.07, 6.45) is 0. The molecular weight excluding hydrogens is 301 g/mol. The normalized spacial score (nSPS) is 18.2. The molecule has 18 heavy (non-hydrogen) atoms. The number of esters is 1. The summed E-state index contributed by atoms with van der Waals surface area (Å²) in [7, 11) is 0. The molecule has 0 aromatic heterocycles. The molecule has 3 nitrogen and oxygen atoms in total. The average molecular weight is 316 g/mol. The monoisotopic (exact) mass is 315 g/mol. The second-order valence-electron chi connectivity index (χ2n) is 4.92. The molecule has 0 radical (unpaired) electrons. The van der Waals surface area contributed by atoms with E-state index in [4.69, 9.17) is 4.74 Å². The van der Waals surface area contributed by atoms with Crippen LogP contribution in [0.15, 0.2) is 22.7 Å². The first-order valence-electron chi connectivity index (χ1n) is 5.74. The molecule has 0 N–H and O–H groups in total. The first-order valence-corrected chi connectivity index (χ1v) is 6.53. The van der Waals surface area contributed by atoms with Gasteiger partial charge in [-0.2, -0.15) is 0 Å². The summed E-state index contributed by atoms with van der Waals surface area (Å²) >= 11 is 3.23. The average Bonchev–Trinajstić information content (AvgIpc) is 2.18. The Morgan fingerprint density at radius 1 is 1.56 bits per heavy atom. The van der Waals surface area contributed by atoms with E-state index < -0.39 is 5.60 Å². The molecule has 1 aromatic rings. The number of nitrogens with zero attached hydrogens (tertiary/aromatic N) is 1. The lowest BCUT2D eigenvalue weighted by Gasteiger charge is -2.46. The highest BCUT2D eigenvalue weighted by molar-refractivity contribution is 9.10. The third-order valence-electron chi connectivity index (χ3n) is 2.92. The zero-order chi connectivity index (χ0) is 13.3. The van der Waals surface area contributed by atoms with E-state index in [1.807, 2.05) is 13.0 Å². The van der Waals surface area contributed by atoms with E-state index in [2.05, 4.69) is 20.8 Å². The van der Waals surface area contributed by atoms with Gasteiger partial charge in [0.05, 0.1) is 0 Å². The molecule has 1 aliphatic heterocycles. The Bertz CT molecular complexity index is 472. The number of carbonyl (C=O) groups excluding carboxylic acids is 1. The van der Waals surface area contributed by atoms with E-state index in [0.717, 1.165) is 4.47 Å². The number of likely N-dealkylation sites (tertiary alicyclic amines) is 1. The van der Waals surface area contributed by atoms with Crippen LogP contribution in [0, 0.1) is 5.82 Å². The Morgan fingerprint density at radius 3 is 2.78 bits per heavy atom. The Labute approximate surface area is 114 Å². The number of benzene rings is 1. The summed E-state index contributed by atoms with van der Waals surface area (Å²) < 4.78 is 19.6. The maximum Gasteiger partial charge on any atom is 0.303 e. The van der Waals surface area contributed by atoms with Gasteiger partial charge in [-0.3, -0.25) is 9.69 Å². The SMILES string of the molecule is CC(=O)OC1(C)CN(Cc2ccc(Br)cc2F)C1. The highest BCUT2D eigenvalue weighted by atomic mass is 79.9. The third-order valence-corrected chi connectivity index (χ3v) is 3.41. The molecule has 1 fully saturated rings. The van der Waals surface area contributed by atoms with Crippen LogP contribution in [0.5, 0.6) is 0 Å². The summed E-state index contributed by atoms with van der Waals surface area (Å²) in [5.74, 6) is -0.488. The van der Waals surface area contributed by atoms with Gasteiger partial charge in [0.25, 0.3) is 0 Å². The lowest BCUT2D eigenvalue weighted by molar-refractivity contribution is -0.174. The molecule has 98 valence electrons. The zero-order valence-electron chi connectivity index (χ0n) is 10.4. The summed E-state index contributed by atoms with van der Waals surface area (Å²) in [5.41, 5.74) is 0.237. The number of halogens is 2. The second-order valence-corrected chi connectivity index (χ2v) is 5.84. The maximum atomic E-state index is 13.6. The van der Waals surface area contributed by atoms with Crippen molar-refractivity contribution in [2.75, 3.05) is 13.1 Å². The van der Waals surface area contributed by atoms with Crippen LogP contribution in [-0.4, -0.2) is 29.6 Å². The Morgan fingerprint density at radius 2 is 2.22 bits per heavy atom. The molecule has 5 heteroatoms. The molecule has 0 saturated carbocycles. The largest absolute Gasteiger partial charge is 0.457 e. The minimum absolute atomic E-state index is 0.217. The molecule has 0 unspecified atom stereocenters. The Kier molecular flexibility index (Phi) is 3.73. The summed E-state index contributed by atoms with van der Waals surface area (Å²) in [6, 6.07) is 5.05. The van der Waals surface area contributed by atoms with Crippen LogP contribution < -0.4 is 0 Å². The first kappa shape index (κ1) is 13.5. The van der Waals surface area contributed by atoms with Crippen molar-refractivity contribution in [3.8, 4) is 0 Å². The van der Waals surface area contributed by atoms with Gasteiger partial charge >= 0.3 is 5.97 Å². The van der Waals surface area contributed by atoms with Gasteiger partial charge in [-0.25, -0.2) is 4.39 Å². The molecule has 2 rings (SSSR count). The van der Waals surface area contributed by atoms with Gasteiger partial charge in [0, 0.05) is 36.6 Å². The molecule has 0 atom stereocenters. The highest BCUT2D eigenvalue weighted by Gasteiger charge is 2.41. The topological polar surface area (TPSA) is 29.5 Å². The van der Waals surface area contributed by atoms with E-state index >= 15 is 0 Å². The van der Waals surface area contributed by atoms with Crippen LogP contribution >= 0.6 is 15.9 Å². The fourth-order valence-corrected chi connectivity index (χ4v) is 2.65. The van der Waals surface area contributed by atoms with Crippen molar-refractivity contribution in [3.63, 3.8) is 0 Å². The standard InChI is InChI=1S/C13H15BrFNO2/c1-9(17)18-13(2)7-16(8-13)6-10-3-4-11(14)5-12(10)15/h3-5H,6-8H2,1-2H3. The number of carbonyl (C=O) groups is 1. The lowest BCUT2D eigenvalue weighted by atomic mass is 9.95. The number of hydrogen-bond donors (Lipinski definition) is 0. The quantitative estimate of drug-likeness (QED) is 0.803. The molecular formula is C13H15BrFNO2. The molecule has 1 saturated heterocycles. The van der Waals surface area contributed by atoms with Gasteiger partial charge in [0.1, 0.15) is 11.4 Å². The minimum atomic E-state index is -0.419. The third kappa shape index (κ3) is 3.09. The fourth-order valence-electron chi connectivity index (χ4n) is 2.31. The van der Waals surface area contributed by atoms with Crippen LogP contribution in [0.1, 0.15) is 19.4 Å². The minimum Gasteiger partial charge on any atom is -0.457 e. The number of ether oxygens (including phenoxy) is 1. The van der Waals surface area contributed by atoms with Crippen LogP contribution in [0.25, 0.3) is 0 Å². The van der Waals surface area contributed by atoms with Crippen molar-refractivity contribution >= 4 is 21.9 Å². The fraction of sp³-hybridized carbons (Fsp3) is 0.462. The van der Waals surface area contributed by atoms with Gasteiger partial charge in [-0.05, 0) is 19.1 Å². The highest BCUT2D eigenvalue weighted by Crippen LogP contribution is 2.27. The zero-order valence-corrected chi connectivity index (χ0v) is 12.0. The second kappa shape index (κ2) is 4.97. The number of rotatable bonds is 3. The maximum absolute atomic E-state index is 13.6. The number of hydrogen-bond acceptors (Lipinski definition) is 3. The predicted octanol–water partition coefficient (Wildman–Crippen LogP) is 2.73.